The molecule has 2 aromatic rings. The molecule has 0 saturated carbocycles. The van der Waals surface area contributed by atoms with E-state index in [9.17, 15) is 24.3 Å². The Hall–Kier alpha value is -3.96. The SMILES string of the molecule is CC[C@H]1OC(=O)[C@H](C)C(=O)[C@H](C)[C@@H](O[C@@H]2O[C@H](C)CC(N)C2O)[C@](C)(OC)C[C@@H](C)C(=O)C[C@H]2N(CCCCn3cc(-c4cccc(N)c4)nn3)C(=O)O[C@]12C. The standard InChI is InChI=1S/C40H60N6O10/c1-9-32-40(7)31(46(38(51)56-40)16-11-10-15-45-21-29(43-44-45)26-13-12-14-27(41)18-26)19-30(47)22(2)20-39(6,52-8)35(24(4)33(48)25(5)36(50)54-32)55-37-34(49)28(42)17-23(3)53-37/h12-14,18,21-25,28,31-32,34-35,37,49H,9-11,15-17,19-20,41-42H2,1-8H3/t22-,23-,24+,25-,28?,31-,32-,34?,35-,37+,39-,40+/m1/s1. The Kier molecular flexibility index (Phi) is 13.6. The van der Waals surface area contributed by atoms with Gasteiger partial charge in [0, 0.05) is 55.7 Å². The molecule has 1 aromatic carbocycles. The predicted octanol–water partition coefficient (Wildman–Crippen LogP) is 3.66. The number of carbonyl (C=O) groups is 4. The van der Waals surface area contributed by atoms with Crippen LogP contribution in [0.15, 0.2) is 30.5 Å². The Morgan fingerprint density at radius 2 is 1.79 bits per heavy atom. The summed E-state index contributed by atoms with van der Waals surface area (Å²) in [5.74, 6) is -4.32. The number of esters is 1. The molecule has 16 heteroatoms. The summed E-state index contributed by atoms with van der Waals surface area (Å²) in [7, 11) is 1.46. The van der Waals surface area contributed by atoms with Crippen LogP contribution < -0.4 is 11.5 Å². The predicted molar refractivity (Wildman–Crippen MR) is 205 cm³/mol. The van der Waals surface area contributed by atoms with Crippen LogP contribution in [0.25, 0.3) is 11.3 Å². The quantitative estimate of drug-likeness (QED) is 0.136. The first-order chi connectivity index (χ1) is 26.4. The fraction of sp³-hybridized carbons (Fsp3) is 0.700. The highest BCUT2D eigenvalue weighted by Crippen LogP contribution is 2.41. The molecule has 3 saturated heterocycles. The molecule has 12 atom stereocenters. The highest BCUT2D eigenvalue weighted by molar-refractivity contribution is 6.00. The average Bonchev–Trinajstić information content (AvgIpc) is 3.73. The molecule has 0 bridgehead atoms. The molecule has 0 spiro atoms. The summed E-state index contributed by atoms with van der Waals surface area (Å²) in [6.07, 6.45) is -1.65. The van der Waals surface area contributed by atoms with Gasteiger partial charge in [0.05, 0.1) is 30.0 Å². The van der Waals surface area contributed by atoms with Gasteiger partial charge < -0.3 is 45.2 Å². The van der Waals surface area contributed by atoms with E-state index in [4.69, 9.17) is 35.2 Å². The van der Waals surface area contributed by atoms with E-state index < -0.39 is 83.5 Å². The van der Waals surface area contributed by atoms with Crippen molar-refractivity contribution in [3.8, 4) is 11.3 Å². The van der Waals surface area contributed by atoms with Crippen molar-refractivity contribution in [3.63, 3.8) is 0 Å². The van der Waals surface area contributed by atoms with Crippen molar-refractivity contribution in [2.75, 3.05) is 19.4 Å². The van der Waals surface area contributed by atoms with Gasteiger partial charge in [-0.15, -0.1) is 5.10 Å². The van der Waals surface area contributed by atoms with Crippen LogP contribution in [0.5, 0.6) is 0 Å². The van der Waals surface area contributed by atoms with Gasteiger partial charge in [-0.1, -0.05) is 38.1 Å². The van der Waals surface area contributed by atoms with Crippen molar-refractivity contribution < 1.29 is 48.0 Å². The number of nitrogens with two attached hydrogens (primary N) is 2. The van der Waals surface area contributed by atoms with E-state index in [0.717, 1.165) is 5.56 Å². The lowest BCUT2D eigenvalue weighted by atomic mass is 9.76. The summed E-state index contributed by atoms with van der Waals surface area (Å²) < 4.78 is 32.3. The molecule has 0 aliphatic carbocycles. The fourth-order valence-electron chi connectivity index (χ4n) is 8.46. The molecule has 3 fully saturated rings. The number of fused-ring (bicyclic) bond motifs is 1. The Labute approximate surface area is 328 Å². The number of Topliss-reactive ketones (excluding diaryl/α,β-unsaturated/α-hetero) is 2. The summed E-state index contributed by atoms with van der Waals surface area (Å²) in [6.45, 7) is 12.7. The molecular weight excluding hydrogens is 724 g/mol. The zero-order valence-corrected chi connectivity index (χ0v) is 33.9. The maximum Gasteiger partial charge on any atom is 0.410 e. The largest absolute Gasteiger partial charge is 0.458 e. The van der Waals surface area contributed by atoms with Crippen molar-refractivity contribution in [2.24, 2.45) is 23.5 Å². The molecule has 4 heterocycles. The molecule has 2 unspecified atom stereocenters. The van der Waals surface area contributed by atoms with Gasteiger partial charge in [0.2, 0.25) is 0 Å². The van der Waals surface area contributed by atoms with Gasteiger partial charge in [0.1, 0.15) is 29.6 Å². The molecule has 56 heavy (non-hydrogen) atoms. The summed E-state index contributed by atoms with van der Waals surface area (Å²) in [6, 6.07) is 5.97. The molecule has 3 aliphatic heterocycles. The van der Waals surface area contributed by atoms with Gasteiger partial charge in [-0.3, -0.25) is 19.1 Å². The van der Waals surface area contributed by atoms with Gasteiger partial charge in [-0.05, 0) is 71.9 Å². The van der Waals surface area contributed by atoms with E-state index in [2.05, 4.69) is 10.3 Å². The number of methoxy groups -OCH3 is 1. The lowest BCUT2D eigenvalue weighted by molar-refractivity contribution is -0.288. The van der Waals surface area contributed by atoms with Crippen molar-refractivity contribution in [2.45, 2.75) is 148 Å². The van der Waals surface area contributed by atoms with Crippen molar-refractivity contribution >= 4 is 29.3 Å². The normalized spacial score (nSPS) is 36.1. The van der Waals surface area contributed by atoms with Gasteiger partial charge in [-0.2, -0.15) is 0 Å². The monoisotopic (exact) mass is 784 g/mol. The fourth-order valence-corrected chi connectivity index (χ4v) is 8.46. The van der Waals surface area contributed by atoms with E-state index in [1.165, 1.54) is 14.0 Å². The Morgan fingerprint density at radius 1 is 1.07 bits per heavy atom. The second-order valence-electron chi connectivity index (χ2n) is 16.3. The summed E-state index contributed by atoms with van der Waals surface area (Å²) in [4.78, 5) is 57.5. The number of ether oxygens (including phenoxy) is 5. The van der Waals surface area contributed by atoms with Crippen LogP contribution in [0.3, 0.4) is 0 Å². The average molecular weight is 785 g/mol. The molecule has 1 aromatic heterocycles. The number of hydrogen-bond donors (Lipinski definition) is 3. The highest BCUT2D eigenvalue weighted by atomic mass is 16.7. The highest BCUT2D eigenvalue weighted by Gasteiger charge is 2.58. The minimum atomic E-state index is -1.40. The first-order valence-electron chi connectivity index (χ1n) is 19.7. The Morgan fingerprint density at radius 3 is 2.46 bits per heavy atom. The van der Waals surface area contributed by atoms with Crippen LogP contribution in [0.4, 0.5) is 10.5 Å². The number of hydrogen-bond acceptors (Lipinski definition) is 14. The number of aromatic nitrogens is 3. The molecule has 0 radical (unpaired) electrons. The third-order valence-corrected chi connectivity index (χ3v) is 12.0. The van der Waals surface area contributed by atoms with E-state index in [1.54, 1.807) is 50.3 Å². The lowest BCUT2D eigenvalue weighted by Gasteiger charge is -2.45. The number of ketones is 2. The number of rotatable bonds is 10. The van der Waals surface area contributed by atoms with Crippen LogP contribution in [0.2, 0.25) is 0 Å². The number of cyclic esters (lactones) is 1. The number of benzene rings is 1. The first kappa shape index (κ1) is 43.2. The van der Waals surface area contributed by atoms with E-state index in [0.29, 0.717) is 37.2 Å². The third kappa shape index (κ3) is 9.09. The molecule has 16 nitrogen and oxygen atoms in total. The van der Waals surface area contributed by atoms with Crippen LogP contribution in [-0.4, -0.2) is 116 Å². The second kappa shape index (κ2) is 17.7. The van der Waals surface area contributed by atoms with Crippen LogP contribution in [-0.2, 0) is 44.6 Å². The first-order valence-corrected chi connectivity index (χ1v) is 19.7. The summed E-state index contributed by atoms with van der Waals surface area (Å²) in [5, 5.41) is 19.5. The molecule has 5 rings (SSSR count). The number of nitrogen functional groups attached to an aromatic ring is 1. The number of carbonyl (C=O) groups excluding carboxylic acids is 4. The van der Waals surface area contributed by atoms with Crippen LogP contribution in [0, 0.1) is 17.8 Å². The topological polar surface area (TPSA) is 221 Å². The Balaban J connectivity index is 1.39. The molecule has 310 valence electrons. The zero-order valence-electron chi connectivity index (χ0n) is 33.9. The zero-order chi connectivity index (χ0) is 41.1. The van der Waals surface area contributed by atoms with Gasteiger partial charge in [0.25, 0.3) is 0 Å². The van der Waals surface area contributed by atoms with E-state index in [-0.39, 0.29) is 37.7 Å². The van der Waals surface area contributed by atoms with Crippen LogP contribution >= 0.6 is 0 Å². The minimum absolute atomic E-state index is 0.0870. The number of nitrogens with zero attached hydrogens (tertiary/aromatic N) is 4. The van der Waals surface area contributed by atoms with Gasteiger partial charge in [-0.25, -0.2) is 4.79 Å². The second-order valence-corrected chi connectivity index (χ2v) is 16.3. The number of aliphatic hydroxyl groups excluding tert-OH is 1. The number of anilines is 1. The lowest BCUT2D eigenvalue weighted by Crippen LogP contribution is -2.59. The van der Waals surface area contributed by atoms with E-state index >= 15 is 0 Å². The van der Waals surface area contributed by atoms with E-state index in [1.807, 2.05) is 31.3 Å². The number of amides is 1. The van der Waals surface area contributed by atoms with Crippen molar-refractivity contribution in [1.82, 2.24) is 19.9 Å². The molecule has 5 N–H and O–H groups in total. The number of aliphatic hydroxyl groups is 1. The molecule has 1 amide bonds. The molecule has 3 aliphatic rings. The molecular formula is C40H60N6O10. The Bertz CT molecular complexity index is 1720. The van der Waals surface area contributed by atoms with Gasteiger partial charge >= 0.3 is 12.1 Å². The number of unbranched alkanes of at least 4 members (excludes halogenated alkanes) is 1. The maximum absolute atomic E-state index is 14.3. The van der Waals surface area contributed by atoms with Crippen molar-refractivity contribution in [1.29, 1.82) is 0 Å². The maximum atomic E-state index is 14.3. The third-order valence-electron chi connectivity index (χ3n) is 12.0. The summed E-state index contributed by atoms with van der Waals surface area (Å²) in [5.41, 5.74) is 11.6. The van der Waals surface area contributed by atoms with Gasteiger partial charge in [0.15, 0.2) is 17.7 Å². The minimum Gasteiger partial charge on any atom is -0.458 e. The smallest absolute Gasteiger partial charge is 0.410 e. The number of aryl methyl sites for hydroxylation is 1. The van der Waals surface area contributed by atoms with Crippen molar-refractivity contribution in [3.05, 3.63) is 30.5 Å². The summed E-state index contributed by atoms with van der Waals surface area (Å²) >= 11 is 0. The van der Waals surface area contributed by atoms with Crippen LogP contribution in [0.1, 0.15) is 87.0 Å².